The molecule has 0 atom stereocenters. The number of nitrogens with zero attached hydrogens (tertiary/aromatic N) is 2. The van der Waals surface area contributed by atoms with E-state index in [1.807, 2.05) is 47.4 Å². The third kappa shape index (κ3) is 7.04. The van der Waals surface area contributed by atoms with Crippen molar-refractivity contribution in [3.63, 3.8) is 0 Å². The molecule has 2 amide bonds. The Labute approximate surface area is 177 Å². The highest BCUT2D eigenvalue weighted by Gasteiger charge is 2.21. The van der Waals surface area contributed by atoms with Gasteiger partial charge in [0, 0.05) is 49.6 Å². The van der Waals surface area contributed by atoms with Gasteiger partial charge in [0.1, 0.15) is 0 Å². The van der Waals surface area contributed by atoms with Crippen molar-refractivity contribution in [2.75, 3.05) is 65.0 Å². The zero-order valence-electron chi connectivity index (χ0n) is 16.9. The highest BCUT2D eigenvalue weighted by Crippen LogP contribution is 2.33. The van der Waals surface area contributed by atoms with Gasteiger partial charge in [-0.15, -0.1) is 0 Å². The Kier molecular flexibility index (Phi) is 8.82. The maximum Gasteiger partial charge on any atom is 0.321 e. The number of benzene rings is 2. The molecule has 6 nitrogen and oxygen atoms in total. The molecule has 156 valence electrons. The second kappa shape index (κ2) is 11.8. The van der Waals surface area contributed by atoms with Crippen molar-refractivity contribution in [1.82, 2.24) is 9.80 Å². The zero-order chi connectivity index (χ0) is 20.3. The van der Waals surface area contributed by atoms with Gasteiger partial charge in [0.15, 0.2) is 0 Å². The molecule has 1 heterocycles. The fraction of sp³-hybridized carbons (Fsp3) is 0.409. The predicted molar refractivity (Wildman–Crippen MR) is 117 cm³/mol. The van der Waals surface area contributed by atoms with Crippen LogP contribution in [0.1, 0.15) is 0 Å². The molecular formula is C22H29N3O3S. The topological polar surface area (TPSA) is 54.0 Å². The molecule has 7 heteroatoms. The summed E-state index contributed by atoms with van der Waals surface area (Å²) < 4.78 is 10.5. The van der Waals surface area contributed by atoms with Crippen molar-refractivity contribution in [1.29, 1.82) is 0 Å². The van der Waals surface area contributed by atoms with E-state index in [4.69, 9.17) is 9.47 Å². The molecule has 0 aromatic heterocycles. The number of hydrogen-bond acceptors (Lipinski definition) is 5. The second-order valence-corrected chi connectivity index (χ2v) is 7.89. The lowest BCUT2D eigenvalue weighted by molar-refractivity contribution is 0.0498. The molecule has 0 radical (unpaired) electrons. The summed E-state index contributed by atoms with van der Waals surface area (Å²) >= 11 is 1.65. The first-order valence-corrected chi connectivity index (χ1v) is 10.7. The molecule has 1 fully saturated rings. The number of carbonyl (C=O) groups is 1. The lowest BCUT2D eigenvalue weighted by Crippen LogP contribution is -2.50. The molecule has 2 aromatic rings. The summed E-state index contributed by atoms with van der Waals surface area (Å²) in [5, 5.41) is 3.09. The summed E-state index contributed by atoms with van der Waals surface area (Å²) in [6.45, 7) is 5.99. The summed E-state index contributed by atoms with van der Waals surface area (Å²) in [6, 6.07) is 18.1. The van der Waals surface area contributed by atoms with E-state index in [9.17, 15) is 4.79 Å². The monoisotopic (exact) mass is 415 g/mol. The Morgan fingerprint density at radius 3 is 2.45 bits per heavy atom. The Morgan fingerprint density at radius 1 is 0.966 bits per heavy atom. The van der Waals surface area contributed by atoms with E-state index in [1.54, 1.807) is 18.9 Å². The van der Waals surface area contributed by atoms with Crippen LogP contribution in [0.2, 0.25) is 0 Å². The van der Waals surface area contributed by atoms with Gasteiger partial charge in [-0.1, -0.05) is 42.1 Å². The van der Waals surface area contributed by atoms with E-state index in [0.717, 1.165) is 48.2 Å². The molecule has 0 bridgehead atoms. The Balaban J connectivity index is 1.47. The minimum Gasteiger partial charge on any atom is -0.382 e. The van der Waals surface area contributed by atoms with Crippen molar-refractivity contribution in [3.05, 3.63) is 54.6 Å². The third-order valence-corrected chi connectivity index (χ3v) is 5.83. The van der Waals surface area contributed by atoms with Gasteiger partial charge >= 0.3 is 6.03 Å². The first-order valence-electron chi connectivity index (χ1n) is 9.93. The van der Waals surface area contributed by atoms with Crippen LogP contribution in [0, 0.1) is 0 Å². The van der Waals surface area contributed by atoms with E-state index in [1.165, 1.54) is 0 Å². The van der Waals surface area contributed by atoms with Crippen LogP contribution in [-0.4, -0.2) is 75.5 Å². The van der Waals surface area contributed by atoms with Crippen LogP contribution >= 0.6 is 11.8 Å². The highest BCUT2D eigenvalue weighted by atomic mass is 32.2. The van der Waals surface area contributed by atoms with Crippen LogP contribution < -0.4 is 5.32 Å². The molecule has 29 heavy (non-hydrogen) atoms. The molecule has 0 saturated carbocycles. The van der Waals surface area contributed by atoms with Crippen LogP contribution in [0.15, 0.2) is 64.4 Å². The average molecular weight is 416 g/mol. The first-order chi connectivity index (χ1) is 14.3. The van der Waals surface area contributed by atoms with Crippen molar-refractivity contribution in [2.24, 2.45) is 0 Å². The van der Waals surface area contributed by atoms with Gasteiger partial charge in [-0.25, -0.2) is 4.79 Å². The lowest BCUT2D eigenvalue weighted by Gasteiger charge is -2.34. The van der Waals surface area contributed by atoms with Crippen LogP contribution in [-0.2, 0) is 9.47 Å². The average Bonchev–Trinajstić information content (AvgIpc) is 2.76. The number of hydrogen-bond donors (Lipinski definition) is 1. The summed E-state index contributed by atoms with van der Waals surface area (Å²) in [4.78, 5) is 19.2. The van der Waals surface area contributed by atoms with Crippen molar-refractivity contribution >= 4 is 23.5 Å². The molecule has 1 saturated heterocycles. The quantitative estimate of drug-likeness (QED) is 0.634. The Bertz CT molecular complexity index is 752. The van der Waals surface area contributed by atoms with Crippen LogP contribution in [0.25, 0.3) is 0 Å². The molecule has 0 spiro atoms. The van der Waals surface area contributed by atoms with Gasteiger partial charge in [-0.3, -0.25) is 4.90 Å². The molecule has 1 N–H and O–H groups in total. The maximum atomic E-state index is 12.8. The summed E-state index contributed by atoms with van der Waals surface area (Å²) in [5.41, 5.74) is 0.848. The summed E-state index contributed by atoms with van der Waals surface area (Å²) in [6.07, 6.45) is 0. The highest BCUT2D eigenvalue weighted by molar-refractivity contribution is 7.99. The lowest BCUT2D eigenvalue weighted by atomic mass is 10.3. The van der Waals surface area contributed by atoms with Crippen molar-refractivity contribution in [3.8, 4) is 0 Å². The Morgan fingerprint density at radius 2 is 1.69 bits per heavy atom. The number of para-hydroxylation sites is 1. The van der Waals surface area contributed by atoms with Crippen LogP contribution in [0.3, 0.4) is 0 Å². The molecular weight excluding hydrogens is 386 g/mol. The van der Waals surface area contributed by atoms with Gasteiger partial charge in [0.2, 0.25) is 0 Å². The third-order valence-electron chi connectivity index (χ3n) is 4.74. The molecule has 3 rings (SSSR count). The Hall–Kier alpha value is -2.06. The van der Waals surface area contributed by atoms with E-state index >= 15 is 0 Å². The SMILES string of the molecule is COCCOCCN1CCN(C(=O)Nc2ccccc2Sc2ccccc2)CC1. The van der Waals surface area contributed by atoms with Crippen LogP contribution in [0.4, 0.5) is 10.5 Å². The molecule has 1 aliphatic rings. The fourth-order valence-corrected chi connectivity index (χ4v) is 4.00. The number of methoxy groups -OCH3 is 1. The van der Waals surface area contributed by atoms with E-state index < -0.39 is 0 Å². The summed E-state index contributed by atoms with van der Waals surface area (Å²) in [5.74, 6) is 0. The van der Waals surface area contributed by atoms with Gasteiger partial charge in [0.25, 0.3) is 0 Å². The van der Waals surface area contributed by atoms with Crippen LogP contribution in [0.5, 0.6) is 0 Å². The maximum absolute atomic E-state index is 12.8. The van der Waals surface area contributed by atoms with Crippen molar-refractivity contribution < 1.29 is 14.3 Å². The van der Waals surface area contributed by atoms with E-state index in [-0.39, 0.29) is 6.03 Å². The van der Waals surface area contributed by atoms with E-state index in [2.05, 4.69) is 22.3 Å². The number of piperazine rings is 1. The summed E-state index contributed by atoms with van der Waals surface area (Å²) in [7, 11) is 1.67. The number of carbonyl (C=O) groups excluding carboxylic acids is 1. The number of urea groups is 1. The number of nitrogens with one attached hydrogen (secondary N) is 1. The predicted octanol–water partition coefficient (Wildman–Crippen LogP) is 3.65. The zero-order valence-corrected chi connectivity index (χ0v) is 17.7. The fourth-order valence-electron chi connectivity index (χ4n) is 3.08. The van der Waals surface area contributed by atoms with Gasteiger partial charge in [0.05, 0.1) is 25.5 Å². The van der Waals surface area contributed by atoms with Gasteiger partial charge in [-0.2, -0.15) is 0 Å². The minimum atomic E-state index is -0.0397. The smallest absolute Gasteiger partial charge is 0.321 e. The van der Waals surface area contributed by atoms with Gasteiger partial charge in [-0.05, 0) is 24.3 Å². The molecule has 0 aliphatic carbocycles. The number of ether oxygens (including phenoxy) is 2. The molecule has 1 aliphatic heterocycles. The second-order valence-electron chi connectivity index (χ2n) is 6.78. The number of anilines is 1. The first kappa shape index (κ1) is 21.6. The minimum absolute atomic E-state index is 0.0397. The largest absolute Gasteiger partial charge is 0.382 e. The number of rotatable bonds is 9. The molecule has 2 aromatic carbocycles. The standard InChI is InChI=1S/C22H29N3O3S/c1-27-17-18-28-16-15-24-11-13-25(14-12-24)22(26)23-20-9-5-6-10-21(20)29-19-7-3-2-4-8-19/h2-10H,11-18H2,1H3,(H,23,26). The van der Waals surface area contributed by atoms with Crippen molar-refractivity contribution in [2.45, 2.75) is 9.79 Å². The van der Waals surface area contributed by atoms with E-state index in [0.29, 0.717) is 19.8 Å². The molecule has 0 unspecified atom stereocenters. The normalized spacial score (nSPS) is 14.7. The van der Waals surface area contributed by atoms with Gasteiger partial charge < -0.3 is 19.7 Å². The number of amides is 2.